The molecule has 3 aromatic rings. The van der Waals surface area contributed by atoms with E-state index in [-0.39, 0.29) is 5.91 Å². The topological polar surface area (TPSA) is 92.0 Å². The van der Waals surface area contributed by atoms with E-state index in [2.05, 4.69) is 39.2 Å². The molecule has 1 saturated heterocycles. The summed E-state index contributed by atoms with van der Waals surface area (Å²) in [4.78, 5) is 19.6. The van der Waals surface area contributed by atoms with E-state index in [0.29, 0.717) is 11.5 Å². The lowest BCUT2D eigenvalue weighted by Gasteiger charge is -2.28. The number of allylic oxidation sites excluding steroid dienone is 1. The van der Waals surface area contributed by atoms with E-state index in [1.165, 1.54) is 5.69 Å². The molecule has 1 saturated carbocycles. The number of carbonyl (C=O) groups excluding carboxylic acids is 1. The van der Waals surface area contributed by atoms with Crippen LogP contribution in [0.15, 0.2) is 102 Å². The Morgan fingerprint density at radius 2 is 1.55 bits per heavy atom. The molecule has 7 nitrogen and oxygen atoms in total. The molecule has 7 heteroatoms. The highest BCUT2D eigenvalue weighted by molar-refractivity contribution is 6.01. The summed E-state index contributed by atoms with van der Waals surface area (Å²) >= 11 is 0. The second-order valence-electron chi connectivity index (χ2n) is 9.60. The molecule has 0 atom stereocenters. The smallest absolute Gasteiger partial charge is 0.235 e. The summed E-state index contributed by atoms with van der Waals surface area (Å²) in [6.07, 6.45) is 5.10. The number of morpholine rings is 1. The van der Waals surface area contributed by atoms with Gasteiger partial charge >= 0.3 is 0 Å². The summed E-state index contributed by atoms with van der Waals surface area (Å²) in [7, 11) is 0. The van der Waals surface area contributed by atoms with E-state index in [0.717, 1.165) is 61.6 Å². The molecule has 1 aliphatic carbocycles. The first-order valence-corrected chi connectivity index (χ1v) is 12.9. The zero-order valence-electron chi connectivity index (χ0n) is 21.4. The Morgan fingerprint density at radius 1 is 0.921 bits per heavy atom. The van der Waals surface area contributed by atoms with Crippen LogP contribution in [0.1, 0.15) is 24.0 Å². The molecule has 0 aromatic heterocycles. The third-order valence-electron chi connectivity index (χ3n) is 7.00. The number of benzene rings is 3. The number of aliphatic imine (C=N–C) groups is 1. The maximum absolute atomic E-state index is 13.0. The van der Waals surface area contributed by atoms with Gasteiger partial charge in [0.25, 0.3) is 0 Å². The molecular weight excluding hydrogens is 474 g/mol. The highest BCUT2D eigenvalue weighted by atomic mass is 16.5. The van der Waals surface area contributed by atoms with Crippen LogP contribution in [-0.4, -0.2) is 38.4 Å². The molecule has 4 N–H and O–H groups in total. The van der Waals surface area contributed by atoms with Crippen molar-refractivity contribution in [2.24, 2.45) is 10.7 Å². The number of rotatable bonds is 9. The summed E-state index contributed by atoms with van der Waals surface area (Å²) in [6, 6.07) is 25.7. The van der Waals surface area contributed by atoms with Gasteiger partial charge in [-0.05, 0) is 66.4 Å². The van der Waals surface area contributed by atoms with Gasteiger partial charge in [-0.2, -0.15) is 0 Å². The third kappa shape index (κ3) is 5.95. The molecule has 2 aliphatic rings. The molecule has 5 rings (SSSR count). The fourth-order valence-corrected chi connectivity index (χ4v) is 4.61. The summed E-state index contributed by atoms with van der Waals surface area (Å²) in [5, 5.41) is 6.25. The quantitative estimate of drug-likeness (QED) is 0.349. The van der Waals surface area contributed by atoms with E-state index in [4.69, 9.17) is 10.5 Å². The SMILES string of the molecule is C=C(N=C/C=C(\N)c1ccc(NC(=O)C2(c3ccccc3)CC2)cc1)Nc1ccc(N2CCOCC2)cc1. The van der Waals surface area contributed by atoms with Crippen molar-refractivity contribution in [2.75, 3.05) is 41.8 Å². The van der Waals surface area contributed by atoms with Crippen LogP contribution in [0, 0.1) is 0 Å². The van der Waals surface area contributed by atoms with Crippen molar-refractivity contribution in [1.82, 2.24) is 0 Å². The van der Waals surface area contributed by atoms with E-state index < -0.39 is 5.41 Å². The fourth-order valence-electron chi connectivity index (χ4n) is 4.61. The first-order valence-electron chi connectivity index (χ1n) is 12.9. The van der Waals surface area contributed by atoms with Gasteiger partial charge in [-0.1, -0.05) is 49.0 Å². The second-order valence-corrected chi connectivity index (χ2v) is 9.60. The Morgan fingerprint density at radius 3 is 2.21 bits per heavy atom. The van der Waals surface area contributed by atoms with Crippen LogP contribution < -0.4 is 21.3 Å². The van der Waals surface area contributed by atoms with E-state index in [1.807, 2.05) is 66.7 Å². The minimum atomic E-state index is -0.406. The molecule has 1 heterocycles. The molecule has 38 heavy (non-hydrogen) atoms. The number of anilines is 3. The Labute approximate surface area is 223 Å². The van der Waals surface area contributed by atoms with E-state index in [1.54, 1.807) is 12.3 Å². The zero-order chi connectivity index (χ0) is 26.4. The van der Waals surface area contributed by atoms with Crippen molar-refractivity contribution in [2.45, 2.75) is 18.3 Å². The van der Waals surface area contributed by atoms with Gasteiger partial charge in [-0.3, -0.25) is 4.79 Å². The maximum Gasteiger partial charge on any atom is 0.235 e. The van der Waals surface area contributed by atoms with Crippen molar-refractivity contribution in [3.8, 4) is 0 Å². The van der Waals surface area contributed by atoms with Crippen LogP contribution in [0.25, 0.3) is 5.70 Å². The Bertz CT molecular complexity index is 1320. The minimum Gasteiger partial charge on any atom is -0.398 e. The third-order valence-corrected chi connectivity index (χ3v) is 7.00. The Hall–Kier alpha value is -4.36. The number of carbonyl (C=O) groups is 1. The number of hydrogen-bond acceptors (Lipinski definition) is 6. The summed E-state index contributed by atoms with van der Waals surface area (Å²) in [6.45, 7) is 7.31. The molecular formula is C31H33N5O2. The average Bonchev–Trinajstić information content (AvgIpc) is 3.77. The van der Waals surface area contributed by atoms with Crippen LogP contribution in [0.2, 0.25) is 0 Å². The first kappa shape index (κ1) is 25.3. The van der Waals surface area contributed by atoms with Crippen LogP contribution in [0.5, 0.6) is 0 Å². The lowest BCUT2D eigenvalue weighted by molar-refractivity contribution is -0.118. The number of ether oxygens (including phenoxy) is 1. The van der Waals surface area contributed by atoms with Gasteiger partial charge in [0.05, 0.1) is 18.6 Å². The molecule has 0 unspecified atom stereocenters. The van der Waals surface area contributed by atoms with Gasteiger partial charge < -0.3 is 26.0 Å². The number of nitrogens with zero attached hydrogens (tertiary/aromatic N) is 2. The molecule has 1 aliphatic heterocycles. The van der Waals surface area contributed by atoms with Crippen molar-refractivity contribution in [1.29, 1.82) is 0 Å². The Kier molecular flexibility index (Phi) is 7.56. The number of amides is 1. The molecule has 194 valence electrons. The highest BCUT2D eigenvalue weighted by Gasteiger charge is 2.51. The van der Waals surface area contributed by atoms with Crippen molar-refractivity contribution < 1.29 is 9.53 Å². The summed E-state index contributed by atoms with van der Waals surface area (Å²) < 4.78 is 5.42. The van der Waals surface area contributed by atoms with Crippen LogP contribution in [0.4, 0.5) is 17.1 Å². The lowest BCUT2D eigenvalue weighted by atomic mass is 9.95. The lowest BCUT2D eigenvalue weighted by Crippen LogP contribution is -2.36. The molecule has 1 amide bonds. The highest BCUT2D eigenvalue weighted by Crippen LogP contribution is 2.48. The largest absolute Gasteiger partial charge is 0.398 e. The summed E-state index contributed by atoms with van der Waals surface area (Å²) in [5.41, 5.74) is 11.2. The monoisotopic (exact) mass is 507 g/mol. The van der Waals surface area contributed by atoms with Crippen LogP contribution in [0.3, 0.4) is 0 Å². The number of hydrogen-bond donors (Lipinski definition) is 3. The number of nitrogens with one attached hydrogen (secondary N) is 2. The van der Waals surface area contributed by atoms with Crippen LogP contribution >= 0.6 is 0 Å². The maximum atomic E-state index is 13.0. The first-order chi connectivity index (χ1) is 18.5. The van der Waals surface area contributed by atoms with Gasteiger partial charge in [0.15, 0.2) is 0 Å². The molecule has 0 radical (unpaired) electrons. The second kappa shape index (κ2) is 11.4. The van der Waals surface area contributed by atoms with Gasteiger partial charge in [-0.25, -0.2) is 4.99 Å². The molecule has 0 bridgehead atoms. The fraction of sp³-hybridized carbons (Fsp3) is 0.226. The van der Waals surface area contributed by atoms with Crippen LogP contribution in [-0.2, 0) is 14.9 Å². The van der Waals surface area contributed by atoms with Gasteiger partial charge in [0.1, 0.15) is 5.82 Å². The zero-order valence-corrected chi connectivity index (χ0v) is 21.4. The van der Waals surface area contributed by atoms with E-state index >= 15 is 0 Å². The standard InChI is InChI=1S/C31H33N5O2/c1-23(34-26-11-13-28(14-12-26)36-19-21-38-22-20-36)33-18-15-29(32)24-7-9-27(10-8-24)35-30(37)31(16-17-31)25-5-3-2-4-6-25/h2-15,18,34H,1,16-17,19-22,32H2,(H,35,37)/b29-15-,33-18?. The van der Waals surface area contributed by atoms with Gasteiger partial charge in [0.2, 0.25) is 5.91 Å². The van der Waals surface area contributed by atoms with Gasteiger partial charge in [0, 0.05) is 42.1 Å². The minimum absolute atomic E-state index is 0.0360. The van der Waals surface area contributed by atoms with Crippen molar-refractivity contribution in [3.63, 3.8) is 0 Å². The van der Waals surface area contributed by atoms with E-state index in [9.17, 15) is 4.79 Å². The number of nitrogens with two attached hydrogens (primary N) is 1. The molecule has 0 spiro atoms. The molecule has 3 aromatic carbocycles. The van der Waals surface area contributed by atoms with Crippen molar-refractivity contribution >= 4 is 34.9 Å². The van der Waals surface area contributed by atoms with Gasteiger partial charge in [-0.15, -0.1) is 0 Å². The van der Waals surface area contributed by atoms with Crippen molar-refractivity contribution in [3.05, 3.63) is 108 Å². The average molecular weight is 508 g/mol. The molecule has 2 fully saturated rings. The summed E-state index contributed by atoms with van der Waals surface area (Å²) in [5.74, 6) is 0.549. The predicted octanol–water partition coefficient (Wildman–Crippen LogP) is 5.15. The normalized spacial score (nSPS) is 16.7. The Balaban J connectivity index is 1.13. The predicted molar refractivity (Wildman–Crippen MR) is 155 cm³/mol.